The minimum Gasteiger partial charge on any atom is -0.453 e. The van der Waals surface area contributed by atoms with Gasteiger partial charge in [-0.2, -0.15) is 8.78 Å². The van der Waals surface area contributed by atoms with Gasteiger partial charge < -0.3 is 27.5 Å². The zero-order chi connectivity index (χ0) is 25.1. The van der Waals surface area contributed by atoms with Crippen LogP contribution >= 0.6 is 0 Å². The van der Waals surface area contributed by atoms with Crippen molar-refractivity contribution in [2.45, 2.75) is 63.0 Å². The Morgan fingerprint density at radius 3 is 1.81 bits per heavy atom. The molecule has 0 aliphatic heterocycles. The monoisotopic (exact) mass is 502 g/mol. The van der Waals surface area contributed by atoms with Crippen LogP contribution in [-0.2, 0) is 32.3 Å². The minimum atomic E-state index is -3.78. The Labute approximate surface area is 185 Å². The van der Waals surface area contributed by atoms with E-state index in [1.807, 2.05) is 0 Å². The molecule has 0 aliphatic rings. The Morgan fingerprint density at radius 2 is 1.38 bits per heavy atom. The van der Waals surface area contributed by atoms with Crippen LogP contribution in [0.4, 0.5) is 26.3 Å². The van der Waals surface area contributed by atoms with Crippen LogP contribution < -0.4 is 0 Å². The van der Waals surface area contributed by atoms with Gasteiger partial charge in [0.1, 0.15) is 6.10 Å². The van der Waals surface area contributed by atoms with E-state index in [-0.39, 0.29) is 13.2 Å². The summed E-state index contributed by atoms with van der Waals surface area (Å²) in [5.41, 5.74) is 0. The number of halogens is 6. The Kier molecular flexibility index (Phi) is 13.3. The van der Waals surface area contributed by atoms with Crippen molar-refractivity contribution < 1.29 is 58.6 Å². The highest BCUT2D eigenvalue weighted by Gasteiger charge is 2.40. The van der Waals surface area contributed by atoms with Gasteiger partial charge in [-0.25, -0.2) is 22.4 Å². The molecule has 14 heteroatoms. The molecule has 0 N–H and O–H groups in total. The highest BCUT2D eigenvalue weighted by molar-refractivity contribution is 6.60. The van der Waals surface area contributed by atoms with Crippen molar-refractivity contribution in [3.8, 4) is 0 Å². The van der Waals surface area contributed by atoms with Gasteiger partial charge in [-0.15, -0.1) is 0 Å². The van der Waals surface area contributed by atoms with Gasteiger partial charge in [0.25, 0.3) is 11.8 Å². The standard InChI is InChI=1S/C18H32F6O7Si/c1-16(19,20)13-18(23,24)7-9-30-12-14(31-15(25)17(2,21)22)11-29-8-6-10-32(26-3,27-4)28-5/h14H,6-13H2,1-5H3. The van der Waals surface area contributed by atoms with Gasteiger partial charge in [0.2, 0.25) is 0 Å². The van der Waals surface area contributed by atoms with Crippen LogP contribution in [0.1, 0.15) is 33.1 Å². The zero-order valence-corrected chi connectivity index (χ0v) is 19.9. The zero-order valence-electron chi connectivity index (χ0n) is 18.9. The molecule has 7 nitrogen and oxygen atoms in total. The average molecular weight is 503 g/mol. The lowest BCUT2D eigenvalue weighted by Gasteiger charge is -2.24. The van der Waals surface area contributed by atoms with Crippen LogP contribution in [0.3, 0.4) is 0 Å². The van der Waals surface area contributed by atoms with Crippen LogP contribution in [0, 0.1) is 0 Å². The summed E-state index contributed by atoms with van der Waals surface area (Å²) in [7, 11) is 1.48. The second kappa shape index (κ2) is 13.7. The van der Waals surface area contributed by atoms with Crippen LogP contribution in [0.2, 0.25) is 6.04 Å². The molecule has 0 saturated heterocycles. The summed E-state index contributed by atoms with van der Waals surface area (Å²) in [4.78, 5) is 11.4. The number of carbonyl (C=O) groups is 1. The molecule has 1 atom stereocenters. The topological polar surface area (TPSA) is 72.5 Å². The number of hydrogen-bond acceptors (Lipinski definition) is 7. The molecule has 0 aromatic carbocycles. The number of rotatable bonds is 18. The Morgan fingerprint density at radius 1 is 0.875 bits per heavy atom. The second-order valence-corrected chi connectivity index (χ2v) is 10.4. The van der Waals surface area contributed by atoms with Crippen molar-refractivity contribution in [3.05, 3.63) is 0 Å². The van der Waals surface area contributed by atoms with E-state index in [1.165, 1.54) is 21.3 Å². The molecule has 0 saturated carbocycles. The summed E-state index contributed by atoms with van der Waals surface area (Å²) < 4.78 is 109. The molecule has 0 aromatic rings. The van der Waals surface area contributed by atoms with Gasteiger partial charge in [-0.05, 0) is 13.3 Å². The predicted octanol–water partition coefficient (Wildman–Crippen LogP) is 3.93. The first-order valence-corrected chi connectivity index (χ1v) is 11.7. The van der Waals surface area contributed by atoms with E-state index >= 15 is 0 Å². The highest BCUT2D eigenvalue weighted by atomic mass is 28.4. The van der Waals surface area contributed by atoms with Crippen LogP contribution in [0.25, 0.3) is 0 Å². The summed E-state index contributed by atoms with van der Waals surface area (Å²) in [5, 5.41) is 0. The largest absolute Gasteiger partial charge is 0.500 e. The van der Waals surface area contributed by atoms with Crippen molar-refractivity contribution in [2.75, 3.05) is 47.8 Å². The molecule has 0 radical (unpaired) electrons. The average Bonchev–Trinajstić information content (AvgIpc) is 2.65. The van der Waals surface area contributed by atoms with Crippen molar-refractivity contribution in [1.82, 2.24) is 0 Å². The fourth-order valence-corrected chi connectivity index (χ4v) is 4.20. The van der Waals surface area contributed by atoms with Gasteiger partial charge in [0.15, 0.2) is 0 Å². The maximum atomic E-state index is 13.5. The van der Waals surface area contributed by atoms with E-state index < -0.39 is 64.7 Å². The first-order valence-electron chi connectivity index (χ1n) is 9.75. The molecule has 0 spiro atoms. The smallest absolute Gasteiger partial charge is 0.453 e. The number of carbonyl (C=O) groups excluding carboxylic acids is 1. The van der Waals surface area contributed by atoms with Gasteiger partial charge in [-0.3, -0.25) is 0 Å². The van der Waals surface area contributed by atoms with Crippen molar-refractivity contribution in [3.63, 3.8) is 0 Å². The highest BCUT2D eigenvalue weighted by Crippen LogP contribution is 2.32. The lowest BCUT2D eigenvalue weighted by molar-refractivity contribution is -0.182. The maximum absolute atomic E-state index is 13.5. The minimum absolute atomic E-state index is 0.102. The number of esters is 1. The van der Waals surface area contributed by atoms with Crippen LogP contribution in [0.5, 0.6) is 0 Å². The first-order chi connectivity index (χ1) is 14.6. The van der Waals surface area contributed by atoms with Crippen LogP contribution in [-0.4, -0.2) is 86.4 Å². The molecular formula is C18H32F6O7Si. The molecule has 0 rings (SSSR count). The third kappa shape index (κ3) is 13.6. The molecule has 192 valence electrons. The van der Waals surface area contributed by atoms with Crippen molar-refractivity contribution in [2.24, 2.45) is 0 Å². The molecule has 0 bridgehead atoms. The van der Waals surface area contributed by atoms with E-state index in [4.69, 9.17) is 22.8 Å². The van der Waals surface area contributed by atoms with Gasteiger partial charge >= 0.3 is 20.7 Å². The molecule has 0 aromatic heterocycles. The lowest BCUT2D eigenvalue weighted by Crippen LogP contribution is -2.42. The predicted molar refractivity (Wildman–Crippen MR) is 103 cm³/mol. The van der Waals surface area contributed by atoms with Crippen LogP contribution in [0.15, 0.2) is 0 Å². The van der Waals surface area contributed by atoms with E-state index in [0.717, 1.165) is 0 Å². The van der Waals surface area contributed by atoms with E-state index in [2.05, 4.69) is 4.74 Å². The molecular weight excluding hydrogens is 470 g/mol. The van der Waals surface area contributed by atoms with Gasteiger partial charge in [0, 0.05) is 47.3 Å². The summed E-state index contributed by atoms with van der Waals surface area (Å²) in [6.45, 7) is -0.726. The molecule has 0 fully saturated rings. The molecule has 0 heterocycles. The number of hydrogen-bond donors (Lipinski definition) is 0. The van der Waals surface area contributed by atoms with E-state index in [0.29, 0.717) is 26.3 Å². The number of alkyl halides is 6. The molecule has 0 amide bonds. The quantitative estimate of drug-likeness (QED) is 0.122. The molecule has 32 heavy (non-hydrogen) atoms. The maximum Gasteiger partial charge on any atom is 0.500 e. The van der Waals surface area contributed by atoms with Gasteiger partial charge in [-0.1, -0.05) is 0 Å². The van der Waals surface area contributed by atoms with Gasteiger partial charge in [0.05, 0.1) is 26.2 Å². The summed E-state index contributed by atoms with van der Waals surface area (Å²) >= 11 is 0. The fourth-order valence-electron chi connectivity index (χ4n) is 2.51. The molecule has 1 unspecified atom stereocenters. The SMILES string of the molecule is CO[Si](CCCOCC(COCCC(F)(F)CC(C)(F)F)OC(=O)C(C)(F)F)(OC)OC. The Bertz CT molecular complexity index is 531. The summed E-state index contributed by atoms with van der Waals surface area (Å²) in [6, 6.07) is 0.391. The van der Waals surface area contributed by atoms with E-state index in [1.54, 1.807) is 0 Å². The fraction of sp³-hybridized carbons (Fsp3) is 0.944. The Balaban J connectivity index is 4.62. The lowest BCUT2D eigenvalue weighted by atomic mass is 10.1. The third-order valence-corrected chi connectivity index (χ3v) is 6.96. The van der Waals surface area contributed by atoms with Crippen molar-refractivity contribution >= 4 is 14.8 Å². The normalized spacial score (nSPS) is 14.5. The number of ether oxygens (including phenoxy) is 3. The van der Waals surface area contributed by atoms with E-state index in [9.17, 15) is 31.1 Å². The third-order valence-electron chi connectivity index (χ3n) is 4.13. The first kappa shape index (κ1) is 31.1. The Hall–Kier alpha value is -0.933. The van der Waals surface area contributed by atoms with Crippen molar-refractivity contribution in [1.29, 1.82) is 0 Å². The second-order valence-electron chi connectivity index (χ2n) is 7.32. The summed E-state index contributed by atoms with van der Waals surface area (Å²) in [5.74, 6) is -12.9. The summed E-state index contributed by atoms with van der Waals surface area (Å²) in [6.07, 6.45) is -3.57. The molecule has 0 aliphatic carbocycles.